The molecule has 0 unspecified atom stereocenters. The maximum Gasteiger partial charge on any atom is 0.213 e. The van der Waals surface area contributed by atoms with E-state index in [0.29, 0.717) is 37.8 Å². The molecule has 0 bridgehead atoms. The highest BCUT2D eigenvalue weighted by molar-refractivity contribution is 7.89. The highest BCUT2D eigenvalue weighted by atomic mass is 32.2. The molecule has 0 N–H and O–H groups in total. The zero-order valence-corrected chi connectivity index (χ0v) is 16.2. The Hall–Kier alpha value is -2.45. The lowest BCUT2D eigenvalue weighted by molar-refractivity contribution is 0.385. The number of anilines is 1. The molecule has 1 fully saturated rings. The van der Waals surface area contributed by atoms with E-state index < -0.39 is 10.0 Å². The van der Waals surface area contributed by atoms with Crippen molar-refractivity contribution in [3.8, 4) is 11.6 Å². The number of hydrogen-bond acceptors (Lipinski definition) is 6. The Morgan fingerprint density at radius 2 is 1.89 bits per heavy atom. The van der Waals surface area contributed by atoms with Gasteiger partial charge in [0.15, 0.2) is 11.6 Å². The van der Waals surface area contributed by atoms with Crippen LogP contribution in [0.5, 0.6) is 0 Å². The highest BCUT2D eigenvalue weighted by Gasteiger charge is 2.27. The van der Waals surface area contributed by atoms with Crippen LogP contribution in [0.2, 0.25) is 0 Å². The number of furan rings is 1. The minimum atomic E-state index is -3.16. The summed E-state index contributed by atoms with van der Waals surface area (Å²) in [5.74, 6) is 2.11. The van der Waals surface area contributed by atoms with Crippen molar-refractivity contribution >= 4 is 26.7 Å². The van der Waals surface area contributed by atoms with E-state index in [1.165, 1.54) is 0 Å². The quantitative estimate of drug-likeness (QED) is 0.686. The van der Waals surface area contributed by atoms with Gasteiger partial charge in [0.25, 0.3) is 0 Å². The van der Waals surface area contributed by atoms with Crippen LogP contribution < -0.4 is 4.90 Å². The van der Waals surface area contributed by atoms with Crippen molar-refractivity contribution in [1.29, 1.82) is 0 Å². The minimum absolute atomic E-state index is 0.130. The number of rotatable bonds is 4. The Balaban J connectivity index is 1.73. The fraction of sp³-hybridized carbons (Fsp3) is 0.368. The molecule has 0 spiro atoms. The fourth-order valence-corrected chi connectivity index (χ4v) is 4.43. The summed E-state index contributed by atoms with van der Waals surface area (Å²) in [7, 11) is -3.16. The van der Waals surface area contributed by atoms with Gasteiger partial charge < -0.3 is 9.32 Å². The van der Waals surface area contributed by atoms with E-state index in [1.54, 1.807) is 17.5 Å². The van der Waals surface area contributed by atoms with Gasteiger partial charge in [-0.3, -0.25) is 0 Å². The first kappa shape index (κ1) is 17.9. The van der Waals surface area contributed by atoms with Crippen molar-refractivity contribution < 1.29 is 12.8 Å². The third-order valence-electron chi connectivity index (χ3n) is 4.87. The van der Waals surface area contributed by atoms with E-state index >= 15 is 0 Å². The molecule has 142 valence electrons. The topological polar surface area (TPSA) is 79.5 Å². The predicted octanol–water partition coefficient (Wildman–Crippen LogP) is 2.67. The van der Waals surface area contributed by atoms with Crippen molar-refractivity contribution in [2.24, 2.45) is 0 Å². The van der Waals surface area contributed by atoms with Gasteiger partial charge in [0, 0.05) is 31.6 Å². The van der Waals surface area contributed by atoms with Gasteiger partial charge >= 0.3 is 0 Å². The highest BCUT2D eigenvalue weighted by Crippen LogP contribution is 2.29. The number of sulfonamides is 1. The van der Waals surface area contributed by atoms with Crippen molar-refractivity contribution in [1.82, 2.24) is 14.3 Å². The Labute approximate surface area is 158 Å². The third kappa shape index (κ3) is 3.42. The smallest absolute Gasteiger partial charge is 0.213 e. The standard InChI is InChI=1S/C19H22N4O3S/c1-3-27(24,25)23-10-8-22(9-11-23)19-15-13-14(2)6-7-16(15)20-18(21-19)17-5-4-12-26-17/h4-7,12-13H,3,8-11H2,1-2H3. The monoisotopic (exact) mass is 386 g/mol. The number of nitrogens with zero attached hydrogens (tertiary/aromatic N) is 4. The Kier molecular flexibility index (Phi) is 4.61. The first-order valence-electron chi connectivity index (χ1n) is 9.03. The van der Waals surface area contributed by atoms with Gasteiger partial charge in [-0.1, -0.05) is 11.6 Å². The summed E-state index contributed by atoms with van der Waals surface area (Å²) in [5, 5.41) is 0.970. The molecule has 0 amide bonds. The number of hydrogen-bond donors (Lipinski definition) is 0. The maximum absolute atomic E-state index is 12.1. The average molecular weight is 386 g/mol. The molecule has 1 aliphatic rings. The molecule has 4 rings (SSSR count). The van der Waals surface area contributed by atoms with Gasteiger partial charge in [-0.05, 0) is 38.1 Å². The van der Waals surface area contributed by atoms with Crippen LogP contribution in [0.4, 0.5) is 5.82 Å². The summed E-state index contributed by atoms with van der Waals surface area (Å²) in [5.41, 5.74) is 1.98. The molecule has 2 aromatic heterocycles. The third-order valence-corrected chi connectivity index (χ3v) is 6.75. The van der Waals surface area contributed by atoms with Gasteiger partial charge in [-0.25, -0.2) is 18.4 Å². The summed E-state index contributed by atoms with van der Waals surface area (Å²) in [6.07, 6.45) is 1.60. The maximum atomic E-state index is 12.1. The second kappa shape index (κ2) is 6.94. The van der Waals surface area contributed by atoms with Crippen LogP contribution in [0.3, 0.4) is 0 Å². The lowest BCUT2D eigenvalue weighted by atomic mass is 10.1. The Bertz CT molecular complexity index is 1060. The molecule has 1 aliphatic heterocycles. The van der Waals surface area contributed by atoms with Gasteiger partial charge in [0.1, 0.15) is 5.82 Å². The Morgan fingerprint density at radius 3 is 2.56 bits per heavy atom. The molecule has 0 radical (unpaired) electrons. The van der Waals surface area contributed by atoms with Crippen LogP contribution in [0.25, 0.3) is 22.5 Å². The van der Waals surface area contributed by atoms with Crippen LogP contribution in [0, 0.1) is 6.92 Å². The van der Waals surface area contributed by atoms with E-state index in [0.717, 1.165) is 22.3 Å². The normalized spacial score (nSPS) is 16.1. The number of aromatic nitrogens is 2. The second-order valence-electron chi connectivity index (χ2n) is 6.66. The SMILES string of the molecule is CCS(=O)(=O)N1CCN(c2nc(-c3ccco3)nc3ccc(C)cc23)CC1. The van der Waals surface area contributed by atoms with E-state index in [-0.39, 0.29) is 5.75 Å². The van der Waals surface area contributed by atoms with E-state index in [1.807, 2.05) is 31.2 Å². The lowest BCUT2D eigenvalue weighted by Crippen LogP contribution is -2.49. The van der Waals surface area contributed by atoms with Crippen molar-refractivity contribution in [3.05, 3.63) is 42.2 Å². The molecule has 27 heavy (non-hydrogen) atoms. The van der Waals surface area contributed by atoms with Gasteiger partial charge in [-0.15, -0.1) is 0 Å². The van der Waals surface area contributed by atoms with Crippen LogP contribution in [-0.2, 0) is 10.0 Å². The van der Waals surface area contributed by atoms with Crippen molar-refractivity contribution in [3.63, 3.8) is 0 Å². The van der Waals surface area contributed by atoms with Crippen LogP contribution in [-0.4, -0.2) is 54.6 Å². The van der Waals surface area contributed by atoms with Crippen LogP contribution in [0.15, 0.2) is 41.0 Å². The summed E-state index contributed by atoms with van der Waals surface area (Å²) in [6.45, 7) is 5.83. The average Bonchev–Trinajstić information content (AvgIpc) is 3.22. The summed E-state index contributed by atoms with van der Waals surface area (Å²) in [6, 6.07) is 9.74. The molecule has 8 heteroatoms. The molecular weight excluding hydrogens is 364 g/mol. The van der Waals surface area contributed by atoms with Crippen molar-refractivity contribution in [2.45, 2.75) is 13.8 Å². The van der Waals surface area contributed by atoms with Gasteiger partial charge in [0.05, 0.1) is 17.5 Å². The second-order valence-corrected chi connectivity index (χ2v) is 8.91. The molecule has 3 aromatic rings. The summed E-state index contributed by atoms with van der Waals surface area (Å²) < 4.78 is 31.3. The predicted molar refractivity (Wildman–Crippen MR) is 105 cm³/mol. The molecule has 7 nitrogen and oxygen atoms in total. The van der Waals surface area contributed by atoms with Crippen molar-refractivity contribution in [2.75, 3.05) is 36.8 Å². The lowest BCUT2D eigenvalue weighted by Gasteiger charge is -2.35. The zero-order chi connectivity index (χ0) is 19.0. The molecule has 1 aromatic carbocycles. The van der Waals surface area contributed by atoms with E-state index in [9.17, 15) is 8.42 Å². The largest absolute Gasteiger partial charge is 0.461 e. The molecule has 3 heterocycles. The summed E-state index contributed by atoms with van der Waals surface area (Å²) >= 11 is 0. The number of benzene rings is 1. The zero-order valence-electron chi connectivity index (χ0n) is 15.4. The minimum Gasteiger partial charge on any atom is -0.461 e. The number of aryl methyl sites for hydroxylation is 1. The number of fused-ring (bicyclic) bond motifs is 1. The molecule has 0 aliphatic carbocycles. The molecule has 0 saturated carbocycles. The molecule has 1 saturated heterocycles. The van der Waals surface area contributed by atoms with E-state index in [4.69, 9.17) is 9.40 Å². The summed E-state index contributed by atoms with van der Waals surface area (Å²) in [4.78, 5) is 11.5. The van der Waals surface area contributed by atoms with Crippen LogP contribution in [0.1, 0.15) is 12.5 Å². The van der Waals surface area contributed by atoms with Crippen LogP contribution >= 0.6 is 0 Å². The first-order chi connectivity index (χ1) is 13.0. The van der Waals surface area contributed by atoms with Gasteiger partial charge in [0.2, 0.25) is 10.0 Å². The number of piperazine rings is 1. The first-order valence-corrected chi connectivity index (χ1v) is 10.6. The fourth-order valence-electron chi connectivity index (χ4n) is 3.34. The molecule has 0 atom stereocenters. The molecular formula is C19H22N4O3S. The van der Waals surface area contributed by atoms with Gasteiger partial charge in [-0.2, -0.15) is 4.31 Å². The Morgan fingerprint density at radius 1 is 1.11 bits per heavy atom. The van der Waals surface area contributed by atoms with E-state index in [2.05, 4.69) is 16.0 Å².